The summed E-state index contributed by atoms with van der Waals surface area (Å²) in [5.41, 5.74) is 0.390. The molecule has 0 aromatic heterocycles. The molecule has 2 aromatic carbocycles. The monoisotopic (exact) mass is 357 g/mol. The molecule has 1 unspecified atom stereocenters. The van der Waals surface area contributed by atoms with Gasteiger partial charge in [0.2, 0.25) is 0 Å². The fourth-order valence-electron chi connectivity index (χ4n) is 2.14. The van der Waals surface area contributed by atoms with E-state index in [0.29, 0.717) is 12.1 Å². The highest BCUT2D eigenvalue weighted by Gasteiger charge is 2.22. The molecule has 1 N–H and O–H groups in total. The van der Waals surface area contributed by atoms with Crippen LogP contribution in [0.25, 0.3) is 0 Å². The Balaban J connectivity index is 2.51. The van der Waals surface area contributed by atoms with Crippen LogP contribution >= 0.6 is 15.9 Å². The van der Waals surface area contributed by atoms with Crippen LogP contribution in [0.15, 0.2) is 40.9 Å². The van der Waals surface area contributed by atoms with Gasteiger partial charge in [0.15, 0.2) is 0 Å². The van der Waals surface area contributed by atoms with Gasteiger partial charge in [-0.05, 0) is 47.1 Å². The summed E-state index contributed by atoms with van der Waals surface area (Å²) >= 11 is 2.94. The lowest BCUT2D eigenvalue weighted by molar-refractivity contribution is 0.512. The van der Waals surface area contributed by atoms with Crippen LogP contribution in [-0.2, 0) is 0 Å². The minimum atomic E-state index is -0.728. The predicted molar refractivity (Wildman–Crippen MR) is 80.6 cm³/mol. The molecule has 2 aromatic rings. The second kappa shape index (κ2) is 7.09. The van der Waals surface area contributed by atoms with Crippen molar-refractivity contribution < 1.29 is 13.2 Å². The highest BCUT2D eigenvalue weighted by Crippen LogP contribution is 2.29. The van der Waals surface area contributed by atoms with Crippen LogP contribution in [-0.4, -0.2) is 6.54 Å². The Morgan fingerprint density at radius 3 is 2.38 bits per heavy atom. The zero-order chi connectivity index (χ0) is 15.4. The zero-order valence-electron chi connectivity index (χ0n) is 11.5. The molecule has 1 nitrogen and oxygen atoms in total. The van der Waals surface area contributed by atoms with Crippen molar-refractivity contribution in [2.45, 2.75) is 19.4 Å². The molecule has 5 heteroatoms. The van der Waals surface area contributed by atoms with E-state index in [1.54, 1.807) is 18.2 Å². The van der Waals surface area contributed by atoms with Crippen molar-refractivity contribution in [1.29, 1.82) is 0 Å². The summed E-state index contributed by atoms with van der Waals surface area (Å²) in [5.74, 6) is -1.61. The van der Waals surface area contributed by atoms with E-state index in [1.165, 1.54) is 6.07 Å². The first kappa shape index (κ1) is 16.0. The van der Waals surface area contributed by atoms with Crippen molar-refractivity contribution in [2.75, 3.05) is 6.54 Å². The molecule has 0 aliphatic carbocycles. The summed E-state index contributed by atoms with van der Waals surface area (Å²) in [6.45, 7) is 2.51. The van der Waals surface area contributed by atoms with Gasteiger partial charge >= 0.3 is 0 Å². The van der Waals surface area contributed by atoms with Crippen LogP contribution in [0, 0.1) is 17.5 Å². The van der Waals surface area contributed by atoms with Crippen LogP contribution in [0.1, 0.15) is 30.5 Å². The van der Waals surface area contributed by atoms with Crippen molar-refractivity contribution in [3.05, 3.63) is 69.4 Å². The molecular formula is C16H15BrF3N. The molecule has 0 aliphatic rings. The number of hydrogen-bond donors (Lipinski definition) is 1. The number of rotatable bonds is 5. The first-order valence-corrected chi connectivity index (χ1v) is 7.46. The third-order valence-electron chi connectivity index (χ3n) is 3.17. The van der Waals surface area contributed by atoms with E-state index in [9.17, 15) is 13.2 Å². The number of nitrogens with one attached hydrogen (secondary N) is 1. The molecule has 112 valence electrons. The molecule has 0 bridgehead atoms. The van der Waals surface area contributed by atoms with Crippen molar-refractivity contribution in [3.63, 3.8) is 0 Å². The zero-order valence-corrected chi connectivity index (χ0v) is 13.1. The third-order valence-corrected chi connectivity index (χ3v) is 3.77. The van der Waals surface area contributed by atoms with E-state index in [-0.39, 0.29) is 10.0 Å². The third kappa shape index (κ3) is 3.66. The molecule has 0 aliphatic heterocycles. The van der Waals surface area contributed by atoms with Gasteiger partial charge in [-0.1, -0.05) is 25.1 Å². The van der Waals surface area contributed by atoms with E-state index < -0.39 is 23.5 Å². The van der Waals surface area contributed by atoms with Crippen LogP contribution in [0.5, 0.6) is 0 Å². The van der Waals surface area contributed by atoms with Gasteiger partial charge in [-0.25, -0.2) is 13.2 Å². The van der Waals surface area contributed by atoms with Crippen molar-refractivity contribution >= 4 is 15.9 Å². The first-order valence-electron chi connectivity index (χ1n) is 6.66. The Kier molecular flexibility index (Phi) is 5.42. The summed E-state index contributed by atoms with van der Waals surface area (Å²) in [4.78, 5) is 0. The van der Waals surface area contributed by atoms with E-state index in [1.807, 2.05) is 6.92 Å². The van der Waals surface area contributed by atoms with Gasteiger partial charge in [0, 0.05) is 11.1 Å². The molecule has 0 fully saturated rings. The summed E-state index contributed by atoms with van der Waals surface area (Å²) < 4.78 is 41.9. The minimum absolute atomic E-state index is 0.0477. The fourth-order valence-corrected chi connectivity index (χ4v) is 2.46. The van der Waals surface area contributed by atoms with Gasteiger partial charge in [0.05, 0.1) is 10.5 Å². The maximum atomic E-state index is 14.2. The molecule has 0 spiro atoms. The van der Waals surface area contributed by atoms with Gasteiger partial charge in [-0.15, -0.1) is 0 Å². The Morgan fingerprint density at radius 2 is 1.71 bits per heavy atom. The van der Waals surface area contributed by atoms with Gasteiger partial charge in [-0.2, -0.15) is 0 Å². The molecule has 1 atom stereocenters. The van der Waals surface area contributed by atoms with Gasteiger partial charge in [-0.3, -0.25) is 0 Å². The highest BCUT2D eigenvalue weighted by atomic mass is 79.9. The molecule has 0 heterocycles. The molecule has 0 saturated carbocycles. The van der Waals surface area contributed by atoms with Crippen LogP contribution in [0.2, 0.25) is 0 Å². The standard InChI is InChI=1S/C16H15BrF3N/c1-2-7-21-16(10-5-3-4-6-13(10)18)11-8-15(20)12(17)9-14(11)19/h3-6,8-9,16,21H,2,7H2,1H3. The van der Waals surface area contributed by atoms with E-state index in [0.717, 1.165) is 18.6 Å². The molecule has 2 rings (SSSR count). The maximum Gasteiger partial charge on any atom is 0.137 e. The van der Waals surface area contributed by atoms with Crippen LogP contribution in [0.4, 0.5) is 13.2 Å². The van der Waals surface area contributed by atoms with E-state index >= 15 is 0 Å². The van der Waals surface area contributed by atoms with Gasteiger partial charge in [0.25, 0.3) is 0 Å². The summed E-state index contributed by atoms with van der Waals surface area (Å²) in [7, 11) is 0. The maximum absolute atomic E-state index is 14.2. The van der Waals surface area contributed by atoms with E-state index in [2.05, 4.69) is 21.2 Å². The SMILES string of the molecule is CCCNC(c1ccccc1F)c1cc(F)c(Br)cc1F. The first-order chi connectivity index (χ1) is 10.0. The molecule has 21 heavy (non-hydrogen) atoms. The summed E-state index contributed by atoms with van der Waals surface area (Å²) in [5, 5.41) is 3.07. The number of halogens is 4. The van der Waals surface area contributed by atoms with Crippen molar-refractivity contribution in [2.24, 2.45) is 0 Å². The Morgan fingerprint density at radius 1 is 1.00 bits per heavy atom. The van der Waals surface area contributed by atoms with Crippen molar-refractivity contribution in [3.8, 4) is 0 Å². The lowest BCUT2D eigenvalue weighted by atomic mass is 9.97. The number of benzene rings is 2. The number of hydrogen-bond acceptors (Lipinski definition) is 1. The van der Waals surface area contributed by atoms with E-state index in [4.69, 9.17) is 0 Å². The molecule has 0 amide bonds. The van der Waals surface area contributed by atoms with Gasteiger partial charge < -0.3 is 5.32 Å². The minimum Gasteiger partial charge on any atom is -0.306 e. The Labute approximate surface area is 130 Å². The second-order valence-electron chi connectivity index (χ2n) is 4.70. The lowest BCUT2D eigenvalue weighted by Gasteiger charge is -2.21. The topological polar surface area (TPSA) is 12.0 Å². The van der Waals surface area contributed by atoms with Crippen LogP contribution in [0.3, 0.4) is 0 Å². The Hall–Kier alpha value is -1.33. The average molecular weight is 358 g/mol. The smallest absolute Gasteiger partial charge is 0.137 e. The highest BCUT2D eigenvalue weighted by molar-refractivity contribution is 9.10. The fraction of sp³-hybridized carbons (Fsp3) is 0.250. The molecular weight excluding hydrogens is 343 g/mol. The lowest BCUT2D eigenvalue weighted by Crippen LogP contribution is -2.25. The molecule has 0 saturated heterocycles. The quantitative estimate of drug-likeness (QED) is 0.746. The summed E-state index contributed by atoms with van der Waals surface area (Å²) in [6, 6.07) is 7.55. The van der Waals surface area contributed by atoms with Crippen molar-refractivity contribution in [1.82, 2.24) is 5.32 Å². The van der Waals surface area contributed by atoms with Gasteiger partial charge in [0.1, 0.15) is 17.5 Å². The Bertz CT molecular complexity index is 631. The second-order valence-corrected chi connectivity index (χ2v) is 5.55. The average Bonchev–Trinajstić information content (AvgIpc) is 2.46. The molecule has 0 radical (unpaired) electrons. The predicted octanol–water partition coefficient (Wildman–Crippen LogP) is 4.96. The van der Waals surface area contributed by atoms with Crippen LogP contribution < -0.4 is 5.32 Å². The normalized spacial score (nSPS) is 12.4. The summed E-state index contributed by atoms with van der Waals surface area (Å²) in [6.07, 6.45) is 0.797. The largest absolute Gasteiger partial charge is 0.306 e.